The summed E-state index contributed by atoms with van der Waals surface area (Å²) in [6.07, 6.45) is 3.71. The number of hydrogen-bond donors (Lipinski definition) is 1. The van der Waals surface area contributed by atoms with Crippen molar-refractivity contribution in [2.45, 2.75) is 36.6 Å². The normalized spacial score (nSPS) is 16.2. The predicted octanol–water partition coefficient (Wildman–Crippen LogP) is 2.19. The Bertz CT molecular complexity index is 839. The number of nitrogens with one attached hydrogen (secondary N) is 1. The third-order valence-electron chi connectivity index (χ3n) is 4.69. The Morgan fingerprint density at radius 2 is 1.93 bits per heavy atom. The van der Waals surface area contributed by atoms with Gasteiger partial charge in [0.15, 0.2) is 0 Å². The highest BCUT2D eigenvalue weighted by atomic mass is 32.2. The Balaban J connectivity index is 1.49. The van der Waals surface area contributed by atoms with E-state index in [0.29, 0.717) is 44.5 Å². The highest BCUT2D eigenvalue weighted by molar-refractivity contribution is 7.89. The molecule has 1 aromatic carbocycles. The van der Waals surface area contributed by atoms with Gasteiger partial charge >= 0.3 is 0 Å². The van der Waals surface area contributed by atoms with Crippen LogP contribution >= 0.6 is 0 Å². The van der Waals surface area contributed by atoms with Gasteiger partial charge in [0, 0.05) is 32.0 Å². The molecule has 0 aliphatic carbocycles. The molecule has 1 saturated heterocycles. The van der Waals surface area contributed by atoms with E-state index in [0.717, 1.165) is 5.76 Å². The molecule has 7 nitrogen and oxygen atoms in total. The molecule has 1 aliphatic rings. The highest BCUT2D eigenvalue weighted by Crippen LogP contribution is 2.23. The number of hydrogen-bond acceptors (Lipinski definition) is 5. The molecule has 0 unspecified atom stereocenters. The standard InChI is InChI=1S/C19H24N2O5S/c1-25-16-4-7-18(8-5-16)27(23,24)21-12-10-15(11-13-21)20-19(22)9-6-17-3-2-14-26-17/h2-5,7-8,14-15H,6,9-13H2,1H3,(H,20,22). The first-order valence-electron chi connectivity index (χ1n) is 8.95. The second-order valence-corrected chi connectivity index (χ2v) is 8.44. The van der Waals surface area contributed by atoms with Gasteiger partial charge in [0.05, 0.1) is 18.3 Å². The number of sulfonamides is 1. The van der Waals surface area contributed by atoms with Crippen LogP contribution in [0.25, 0.3) is 0 Å². The number of benzene rings is 1. The fourth-order valence-corrected chi connectivity index (χ4v) is 4.60. The summed E-state index contributed by atoms with van der Waals surface area (Å²) in [7, 11) is -1.99. The summed E-state index contributed by atoms with van der Waals surface area (Å²) in [6.45, 7) is 0.773. The van der Waals surface area contributed by atoms with Crippen molar-refractivity contribution < 1.29 is 22.4 Å². The number of methoxy groups -OCH3 is 1. The third-order valence-corrected chi connectivity index (χ3v) is 6.61. The summed E-state index contributed by atoms with van der Waals surface area (Å²) >= 11 is 0. The Labute approximate surface area is 159 Å². The average molecular weight is 392 g/mol. The molecule has 3 rings (SSSR count). The van der Waals surface area contributed by atoms with Gasteiger partial charge in [-0.2, -0.15) is 4.31 Å². The van der Waals surface area contributed by atoms with E-state index in [9.17, 15) is 13.2 Å². The Morgan fingerprint density at radius 3 is 2.52 bits per heavy atom. The fraction of sp³-hybridized carbons (Fsp3) is 0.421. The second-order valence-electron chi connectivity index (χ2n) is 6.50. The van der Waals surface area contributed by atoms with Crippen molar-refractivity contribution in [3.8, 4) is 5.75 Å². The summed E-state index contributed by atoms with van der Waals surface area (Å²) in [5.74, 6) is 1.36. The Morgan fingerprint density at radius 1 is 1.22 bits per heavy atom. The second kappa shape index (κ2) is 8.58. The molecule has 0 bridgehead atoms. The fourth-order valence-electron chi connectivity index (χ4n) is 3.13. The Hall–Kier alpha value is -2.32. The van der Waals surface area contributed by atoms with Gasteiger partial charge in [0.25, 0.3) is 0 Å². The molecule has 146 valence electrons. The minimum atomic E-state index is -3.53. The van der Waals surface area contributed by atoms with Gasteiger partial charge < -0.3 is 14.5 Å². The first-order chi connectivity index (χ1) is 13.0. The van der Waals surface area contributed by atoms with Crippen molar-refractivity contribution in [3.05, 3.63) is 48.4 Å². The van der Waals surface area contributed by atoms with Crippen LogP contribution < -0.4 is 10.1 Å². The molecule has 0 atom stereocenters. The van der Waals surface area contributed by atoms with Crippen molar-refractivity contribution in [1.29, 1.82) is 0 Å². The minimum Gasteiger partial charge on any atom is -0.497 e. The molecule has 2 heterocycles. The van der Waals surface area contributed by atoms with Gasteiger partial charge in [-0.3, -0.25) is 4.79 Å². The summed E-state index contributed by atoms with van der Waals surface area (Å²) < 4.78 is 37.2. The van der Waals surface area contributed by atoms with E-state index in [4.69, 9.17) is 9.15 Å². The molecular formula is C19H24N2O5S. The molecule has 1 N–H and O–H groups in total. The summed E-state index contributed by atoms with van der Waals surface area (Å²) in [4.78, 5) is 12.3. The SMILES string of the molecule is COc1ccc(S(=O)(=O)N2CCC(NC(=O)CCc3ccco3)CC2)cc1. The van der Waals surface area contributed by atoms with Crippen LogP contribution in [-0.4, -0.2) is 44.9 Å². The van der Waals surface area contributed by atoms with Gasteiger partial charge in [-0.05, 0) is 49.2 Å². The number of nitrogens with zero attached hydrogens (tertiary/aromatic N) is 1. The van der Waals surface area contributed by atoms with Gasteiger partial charge in [0.2, 0.25) is 15.9 Å². The maximum atomic E-state index is 12.7. The van der Waals surface area contributed by atoms with E-state index in [2.05, 4.69) is 5.32 Å². The Kier molecular flexibility index (Phi) is 6.18. The number of carbonyl (C=O) groups excluding carboxylic acids is 1. The number of piperidine rings is 1. The molecule has 27 heavy (non-hydrogen) atoms. The van der Waals surface area contributed by atoms with Crippen LogP contribution in [0.2, 0.25) is 0 Å². The van der Waals surface area contributed by atoms with Gasteiger partial charge in [-0.25, -0.2) is 8.42 Å². The van der Waals surface area contributed by atoms with Gasteiger partial charge in [-0.15, -0.1) is 0 Å². The summed E-state index contributed by atoms with van der Waals surface area (Å²) in [5, 5.41) is 2.99. The molecule has 1 aliphatic heterocycles. The lowest BCUT2D eigenvalue weighted by molar-refractivity contribution is -0.122. The van der Waals surface area contributed by atoms with Crippen LogP contribution in [-0.2, 0) is 21.2 Å². The lowest BCUT2D eigenvalue weighted by Crippen LogP contribution is -2.46. The smallest absolute Gasteiger partial charge is 0.243 e. The quantitative estimate of drug-likeness (QED) is 0.780. The number of aryl methyl sites for hydroxylation is 1. The lowest BCUT2D eigenvalue weighted by Gasteiger charge is -2.31. The zero-order chi connectivity index (χ0) is 19.3. The largest absolute Gasteiger partial charge is 0.497 e. The van der Waals surface area contributed by atoms with Crippen LogP contribution in [0, 0.1) is 0 Å². The molecule has 1 amide bonds. The molecule has 0 saturated carbocycles. The topological polar surface area (TPSA) is 88.9 Å². The van der Waals surface area contributed by atoms with Crippen LogP contribution in [0.15, 0.2) is 52.0 Å². The number of rotatable bonds is 7. The molecule has 0 spiro atoms. The predicted molar refractivity (Wildman–Crippen MR) is 99.9 cm³/mol. The number of amides is 1. The van der Waals surface area contributed by atoms with E-state index in [1.165, 1.54) is 11.4 Å². The average Bonchev–Trinajstić information content (AvgIpc) is 3.20. The lowest BCUT2D eigenvalue weighted by atomic mass is 10.1. The van der Waals surface area contributed by atoms with Crippen molar-refractivity contribution in [3.63, 3.8) is 0 Å². The van der Waals surface area contributed by atoms with E-state index < -0.39 is 10.0 Å². The van der Waals surface area contributed by atoms with Crippen molar-refractivity contribution in [1.82, 2.24) is 9.62 Å². The van der Waals surface area contributed by atoms with Gasteiger partial charge in [-0.1, -0.05) is 0 Å². The zero-order valence-corrected chi connectivity index (χ0v) is 16.1. The van der Waals surface area contributed by atoms with E-state index in [1.54, 1.807) is 36.6 Å². The van der Waals surface area contributed by atoms with Crippen LogP contribution in [0.4, 0.5) is 0 Å². The van der Waals surface area contributed by atoms with E-state index >= 15 is 0 Å². The van der Waals surface area contributed by atoms with Crippen LogP contribution in [0.3, 0.4) is 0 Å². The number of ether oxygens (including phenoxy) is 1. The maximum Gasteiger partial charge on any atom is 0.243 e. The molecule has 2 aromatic rings. The van der Waals surface area contributed by atoms with E-state index in [-0.39, 0.29) is 16.8 Å². The third kappa shape index (κ3) is 4.90. The first kappa shape index (κ1) is 19.4. The minimum absolute atomic E-state index is 0.00332. The molecule has 0 radical (unpaired) electrons. The van der Waals surface area contributed by atoms with E-state index in [1.807, 2.05) is 6.07 Å². The zero-order valence-electron chi connectivity index (χ0n) is 15.3. The first-order valence-corrected chi connectivity index (χ1v) is 10.4. The van der Waals surface area contributed by atoms with Crippen LogP contribution in [0.1, 0.15) is 25.0 Å². The maximum absolute atomic E-state index is 12.7. The number of carbonyl (C=O) groups is 1. The van der Waals surface area contributed by atoms with Gasteiger partial charge in [0.1, 0.15) is 11.5 Å². The molecule has 1 aromatic heterocycles. The van der Waals surface area contributed by atoms with Crippen molar-refractivity contribution in [2.75, 3.05) is 20.2 Å². The highest BCUT2D eigenvalue weighted by Gasteiger charge is 2.29. The number of furan rings is 1. The molecular weight excluding hydrogens is 368 g/mol. The summed E-state index contributed by atoms with van der Waals surface area (Å²) in [5.41, 5.74) is 0. The molecule has 1 fully saturated rings. The molecule has 8 heteroatoms. The monoisotopic (exact) mass is 392 g/mol. The van der Waals surface area contributed by atoms with Crippen molar-refractivity contribution in [2.24, 2.45) is 0 Å². The van der Waals surface area contributed by atoms with Crippen LogP contribution in [0.5, 0.6) is 5.75 Å². The van der Waals surface area contributed by atoms with Crippen molar-refractivity contribution >= 4 is 15.9 Å². The summed E-state index contributed by atoms with van der Waals surface area (Å²) in [6, 6.07) is 10.0.